The minimum atomic E-state index is -0.186. The van der Waals surface area contributed by atoms with Gasteiger partial charge in [0.15, 0.2) is 5.82 Å². The van der Waals surface area contributed by atoms with Crippen molar-refractivity contribution in [2.75, 3.05) is 5.32 Å². The van der Waals surface area contributed by atoms with E-state index >= 15 is 0 Å². The molecule has 1 aromatic heterocycles. The van der Waals surface area contributed by atoms with Crippen LogP contribution in [0.3, 0.4) is 0 Å². The van der Waals surface area contributed by atoms with Crippen molar-refractivity contribution in [2.24, 2.45) is 0 Å². The molecule has 100 valence electrons. The van der Waals surface area contributed by atoms with Crippen LogP contribution in [0.2, 0.25) is 0 Å². The van der Waals surface area contributed by atoms with Crippen LogP contribution in [0.25, 0.3) is 0 Å². The maximum atomic E-state index is 12.0. The van der Waals surface area contributed by atoms with Crippen LogP contribution in [-0.2, 0) is 0 Å². The lowest BCUT2D eigenvalue weighted by Crippen LogP contribution is -2.11. The molecule has 0 saturated carbocycles. The largest absolute Gasteiger partial charge is 0.360 e. The topological polar surface area (TPSA) is 55.1 Å². The van der Waals surface area contributed by atoms with Crippen LogP contribution in [0.15, 0.2) is 39.8 Å². The number of hydrogen-bond donors (Lipinski definition) is 1. The molecule has 0 unspecified atom stereocenters. The van der Waals surface area contributed by atoms with Crippen molar-refractivity contribution in [3.05, 3.63) is 41.7 Å². The number of nitrogens with zero attached hydrogens (tertiary/aromatic N) is 1. The summed E-state index contributed by atoms with van der Waals surface area (Å²) in [6.07, 6.45) is 0. The Labute approximate surface area is 116 Å². The molecule has 1 heterocycles. The summed E-state index contributed by atoms with van der Waals surface area (Å²) in [5, 5.41) is 6.94. The van der Waals surface area contributed by atoms with Gasteiger partial charge in [-0.1, -0.05) is 19.0 Å². The number of carbonyl (C=O) groups is 1. The van der Waals surface area contributed by atoms with E-state index in [9.17, 15) is 4.79 Å². The lowest BCUT2D eigenvalue weighted by atomic mass is 10.2. The number of nitrogens with one attached hydrogen (secondary N) is 1. The number of amides is 1. The first-order chi connectivity index (χ1) is 9.04. The molecule has 0 aliphatic carbocycles. The number of thioether (sulfide) groups is 1. The third kappa shape index (κ3) is 3.86. The summed E-state index contributed by atoms with van der Waals surface area (Å²) in [4.78, 5) is 13.1. The van der Waals surface area contributed by atoms with Gasteiger partial charge in [-0.3, -0.25) is 4.79 Å². The quantitative estimate of drug-likeness (QED) is 0.864. The fourth-order valence-electron chi connectivity index (χ4n) is 1.57. The van der Waals surface area contributed by atoms with E-state index in [1.807, 2.05) is 24.3 Å². The van der Waals surface area contributed by atoms with Crippen molar-refractivity contribution in [1.82, 2.24) is 5.16 Å². The first-order valence-electron chi connectivity index (χ1n) is 6.06. The summed E-state index contributed by atoms with van der Waals surface area (Å²) in [5.74, 6) is 0.913. The molecule has 2 rings (SSSR count). The minimum Gasteiger partial charge on any atom is -0.360 e. The van der Waals surface area contributed by atoms with Crippen molar-refractivity contribution in [3.63, 3.8) is 0 Å². The number of aromatic nitrogens is 1. The summed E-state index contributed by atoms with van der Waals surface area (Å²) in [6, 6.07) is 9.21. The van der Waals surface area contributed by atoms with Crippen molar-refractivity contribution >= 4 is 23.5 Å². The third-order valence-corrected chi connectivity index (χ3v) is 3.37. The second kappa shape index (κ2) is 5.93. The number of hydrogen-bond acceptors (Lipinski definition) is 4. The first-order valence-corrected chi connectivity index (χ1v) is 6.94. The maximum Gasteiger partial charge on any atom is 0.256 e. The fourth-order valence-corrected chi connectivity index (χ4v) is 2.41. The lowest BCUT2D eigenvalue weighted by Gasteiger charge is -2.06. The average molecular weight is 276 g/mol. The van der Waals surface area contributed by atoms with Gasteiger partial charge >= 0.3 is 0 Å². The Morgan fingerprint density at radius 1 is 1.32 bits per heavy atom. The SMILES string of the molecule is Cc1cc(NC(=O)c2ccc(SC(C)C)cc2)no1. The second-order valence-electron chi connectivity index (χ2n) is 4.47. The Bertz CT molecular complexity index is 561. The molecule has 0 bridgehead atoms. The smallest absolute Gasteiger partial charge is 0.256 e. The second-order valence-corrected chi connectivity index (χ2v) is 6.12. The van der Waals surface area contributed by atoms with E-state index in [1.54, 1.807) is 24.8 Å². The molecule has 5 heteroatoms. The molecule has 1 amide bonds. The number of rotatable bonds is 4. The van der Waals surface area contributed by atoms with Crippen molar-refractivity contribution in [1.29, 1.82) is 0 Å². The molecule has 4 nitrogen and oxygen atoms in total. The van der Waals surface area contributed by atoms with E-state index in [4.69, 9.17) is 4.52 Å². The van der Waals surface area contributed by atoms with Crippen molar-refractivity contribution in [2.45, 2.75) is 30.9 Å². The highest BCUT2D eigenvalue weighted by Crippen LogP contribution is 2.23. The number of anilines is 1. The number of benzene rings is 1. The number of carbonyl (C=O) groups excluding carboxylic acids is 1. The zero-order chi connectivity index (χ0) is 13.8. The molecular weight excluding hydrogens is 260 g/mol. The normalized spacial score (nSPS) is 10.7. The molecule has 0 aliphatic heterocycles. The van der Waals surface area contributed by atoms with Crippen LogP contribution in [0.5, 0.6) is 0 Å². The van der Waals surface area contributed by atoms with Gasteiger partial charge in [0.05, 0.1) is 0 Å². The molecule has 0 spiro atoms. The predicted octanol–water partition coefficient (Wildman–Crippen LogP) is 3.74. The Hall–Kier alpha value is -1.75. The Morgan fingerprint density at radius 3 is 2.53 bits per heavy atom. The monoisotopic (exact) mass is 276 g/mol. The van der Waals surface area contributed by atoms with Crippen LogP contribution in [0.1, 0.15) is 30.0 Å². The highest BCUT2D eigenvalue weighted by atomic mass is 32.2. The van der Waals surface area contributed by atoms with Crippen LogP contribution >= 0.6 is 11.8 Å². The molecule has 0 aliphatic rings. The summed E-state index contributed by atoms with van der Waals surface area (Å²) >= 11 is 1.77. The minimum absolute atomic E-state index is 0.186. The molecule has 0 atom stereocenters. The van der Waals surface area contributed by atoms with E-state index in [0.717, 1.165) is 4.90 Å². The van der Waals surface area contributed by atoms with Crippen LogP contribution in [-0.4, -0.2) is 16.3 Å². The van der Waals surface area contributed by atoms with Gasteiger partial charge in [-0.05, 0) is 31.2 Å². The van der Waals surface area contributed by atoms with Gasteiger partial charge in [-0.25, -0.2) is 0 Å². The summed E-state index contributed by atoms with van der Waals surface area (Å²) in [6.45, 7) is 6.05. The van der Waals surface area contributed by atoms with E-state index < -0.39 is 0 Å². The highest BCUT2D eigenvalue weighted by Gasteiger charge is 2.09. The van der Waals surface area contributed by atoms with Gasteiger partial charge in [0, 0.05) is 21.8 Å². The number of aryl methyl sites for hydroxylation is 1. The molecule has 0 fully saturated rings. The standard InChI is InChI=1S/C14H16N2O2S/c1-9(2)19-12-6-4-11(5-7-12)14(17)15-13-8-10(3)18-16-13/h4-9H,1-3H3,(H,15,16,17). The molecule has 19 heavy (non-hydrogen) atoms. The van der Waals surface area contributed by atoms with Crippen molar-refractivity contribution < 1.29 is 9.32 Å². The first kappa shape index (κ1) is 13.7. The van der Waals surface area contributed by atoms with Gasteiger partial charge < -0.3 is 9.84 Å². The maximum absolute atomic E-state index is 12.0. The summed E-state index contributed by atoms with van der Waals surface area (Å²) < 4.78 is 4.90. The summed E-state index contributed by atoms with van der Waals surface area (Å²) in [7, 11) is 0. The Kier molecular flexibility index (Phi) is 4.27. The van der Waals surface area contributed by atoms with Gasteiger partial charge in [0.25, 0.3) is 5.91 Å². The fraction of sp³-hybridized carbons (Fsp3) is 0.286. The van der Waals surface area contributed by atoms with Crippen molar-refractivity contribution in [3.8, 4) is 0 Å². The Balaban J connectivity index is 2.03. The van der Waals surface area contributed by atoms with Gasteiger partial charge in [-0.15, -0.1) is 11.8 Å². The van der Waals surface area contributed by atoms with Crippen LogP contribution in [0, 0.1) is 6.92 Å². The molecule has 1 N–H and O–H groups in total. The predicted molar refractivity (Wildman–Crippen MR) is 76.6 cm³/mol. The molecular formula is C14H16N2O2S. The average Bonchev–Trinajstić information content (AvgIpc) is 2.75. The van der Waals surface area contributed by atoms with E-state index in [2.05, 4.69) is 24.3 Å². The molecule has 2 aromatic rings. The van der Waals surface area contributed by atoms with E-state index in [-0.39, 0.29) is 5.91 Å². The summed E-state index contributed by atoms with van der Waals surface area (Å²) in [5.41, 5.74) is 0.605. The Morgan fingerprint density at radius 2 is 2.00 bits per heavy atom. The molecule has 1 aromatic carbocycles. The van der Waals surface area contributed by atoms with Crippen LogP contribution in [0.4, 0.5) is 5.82 Å². The van der Waals surface area contributed by atoms with Gasteiger partial charge in [0.2, 0.25) is 0 Å². The zero-order valence-electron chi connectivity index (χ0n) is 11.1. The molecule has 0 saturated heterocycles. The van der Waals surface area contributed by atoms with Gasteiger partial charge in [-0.2, -0.15) is 0 Å². The van der Waals surface area contributed by atoms with Gasteiger partial charge in [0.1, 0.15) is 5.76 Å². The highest BCUT2D eigenvalue weighted by molar-refractivity contribution is 7.99. The zero-order valence-corrected chi connectivity index (χ0v) is 12.0. The van der Waals surface area contributed by atoms with Crippen LogP contribution < -0.4 is 5.32 Å². The van der Waals surface area contributed by atoms with E-state index in [1.165, 1.54) is 0 Å². The van der Waals surface area contributed by atoms with E-state index in [0.29, 0.717) is 22.4 Å². The molecule has 0 radical (unpaired) electrons. The third-order valence-electron chi connectivity index (χ3n) is 2.36. The lowest BCUT2D eigenvalue weighted by molar-refractivity contribution is 0.102.